The molecule has 1 aromatic heterocycles. The molecule has 0 unspecified atom stereocenters. The molecule has 1 saturated heterocycles. The van der Waals surface area contributed by atoms with Crippen LogP contribution in [0.5, 0.6) is 11.6 Å². The Morgan fingerprint density at radius 2 is 1.68 bits per heavy atom. The quantitative estimate of drug-likeness (QED) is 0.536. The Morgan fingerprint density at radius 3 is 2.27 bits per heavy atom. The molecule has 37 heavy (non-hydrogen) atoms. The molecule has 0 spiro atoms. The van der Waals surface area contributed by atoms with Crippen LogP contribution in [0.3, 0.4) is 0 Å². The second-order valence-corrected chi connectivity index (χ2v) is 12.4. The molecule has 0 radical (unpaired) electrons. The van der Waals surface area contributed by atoms with Crippen LogP contribution in [0.25, 0.3) is 0 Å². The number of hydrogen-bond donors (Lipinski definition) is 0. The molecule has 10 nitrogen and oxygen atoms in total. The molecule has 11 heteroatoms. The Bertz CT molecular complexity index is 1260. The predicted molar refractivity (Wildman–Crippen MR) is 136 cm³/mol. The minimum absolute atomic E-state index is 0.181. The zero-order chi connectivity index (χ0) is 27.0. The van der Waals surface area contributed by atoms with E-state index in [9.17, 15) is 13.2 Å². The van der Waals surface area contributed by atoms with Crippen LogP contribution in [0.2, 0.25) is 0 Å². The van der Waals surface area contributed by atoms with Crippen molar-refractivity contribution in [2.45, 2.75) is 70.9 Å². The third-order valence-corrected chi connectivity index (χ3v) is 6.89. The van der Waals surface area contributed by atoms with E-state index in [-0.39, 0.29) is 11.0 Å². The number of nitrogens with zero attached hydrogens (tertiary/aromatic N) is 3. The molecular weight excluding hydrogens is 498 g/mol. The summed E-state index contributed by atoms with van der Waals surface area (Å²) in [6.07, 6.45) is 1.83. The molecule has 0 N–H and O–H groups in total. The fraction of sp³-hybridized carbons (Fsp3) is 0.577. The first kappa shape index (κ1) is 27.3. The summed E-state index contributed by atoms with van der Waals surface area (Å²) >= 11 is 0. The molecule has 1 fully saturated rings. The molecule has 2 aliphatic rings. The van der Waals surface area contributed by atoms with E-state index in [4.69, 9.17) is 18.9 Å². The Labute approximate surface area is 218 Å². The van der Waals surface area contributed by atoms with Gasteiger partial charge < -0.3 is 23.8 Å². The molecule has 0 aliphatic carbocycles. The van der Waals surface area contributed by atoms with Gasteiger partial charge in [-0.1, -0.05) is 0 Å². The average Bonchev–Trinajstić information content (AvgIpc) is 3.03. The summed E-state index contributed by atoms with van der Waals surface area (Å²) in [7, 11) is -3.70. The summed E-state index contributed by atoms with van der Waals surface area (Å²) in [4.78, 5) is 23.0. The van der Waals surface area contributed by atoms with E-state index >= 15 is 0 Å². The molecular formula is C26H35N3O7S. The Morgan fingerprint density at radius 1 is 1.05 bits per heavy atom. The molecule has 0 atom stereocenters. The Balaban J connectivity index is 1.67. The number of hydrogen-bond acceptors (Lipinski definition) is 9. The monoisotopic (exact) mass is 533 g/mol. The minimum atomic E-state index is -3.70. The van der Waals surface area contributed by atoms with Crippen molar-refractivity contribution < 1.29 is 32.2 Å². The van der Waals surface area contributed by atoms with E-state index < -0.39 is 27.8 Å². The van der Waals surface area contributed by atoms with E-state index in [1.807, 2.05) is 46.8 Å². The van der Waals surface area contributed by atoms with Crippen LogP contribution < -0.4 is 4.74 Å². The number of rotatable bonds is 4. The maximum absolute atomic E-state index is 12.7. The summed E-state index contributed by atoms with van der Waals surface area (Å²) in [6, 6.07) is 3.89. The normalized spacial score (nSPS) is 17.2. The number of aryl methyl sites for hydroxylation is 2. The Kier molecular flexibility index (Phi) is 7.77. The first-order chi connectivity index (χ1) is 17.3. The lowest BCUT2D eigenvalue weighted by atomic mass is 10.0. The van der Waals surface area contributed by atoms with Crippen LogP contribution in [0.1, 0.15) is 61.4 Å². The highest BCUT2D eigenvalue weighted by Crippen LogP contribution is 2.35. The average molecular weight is 534 g/mol. The van der Waals surface area contributed by atoms with Crippen molar-refractivity contribution in [3.8, 4) is 11.6 Å². The number of carbonyl (C=O) groups is 1. The lowest BCUT2D eigenvalue weighted by Crippen LogP contribution is -2.38. The maximum Gasteiger partial charge on any atom is 0.410 e. The highest BCUT2D eigenvalue weighted by molar-refractivity contribution is 7.90. The van der Waals surface area contributed by atoms with E-state index in [1.54, 1.807) is 4.90 Å². The summed E-state index contributed by atoms with van der Waals surface area (Å²) in [5.41, 5.74) is 3.18. The van der Waals surface area contributed by atoms with Gasteiger partial charge in [0.25, 0.3) is 0 Å². The van der Waals surface area contributed by atoms with Crippen molar-refractivity contribution in [1.29, 1.82) is 0 Å². The summed E-state index contributed by atoms with van der Waals surface area (Å²) in [6.45, 7) is 11.3. The van der Waals surface area contributed by atoms with Gasteiger partial charge in [-0.25, -0.2) is 18.2 Å². The number of sulfone groups is 1. The maximum atomic E-state index is 12.7. The molecule has 0 saturated carbocycles. The first-order valence-electron chi connectivity index (χ1n) is 12.4. The van der Waals surface area contributed by atoms with Gasteiger partial charge in [-0.05, 0) is 70.7 Å². The third-order valence-electron chi connectivity index (χ3n) is 6.05. The van der Waals surface area contributed by atoms with E-state index in [1.165, 1.54) is 0 Å². The fourth-order valence-corrected chi connectivity index (χ4v) is 4.88. The van der Waals surface area contributed by atoms with Gasteiger partial charge in [0.05, 0.1) is 18.9 Å². The molecule has 2 aromatic rings. The number of fused-ring (bicyclic) bond motifs is 1. The zero-order valence-electron chi connectivity index (χ0n) is 22.3. The van der Waals surface area contributed by atoms with Crippen molar-refractivity contribution >= 4 is 15.9 Å². The molecule has 3 heterocycles. The Hall–Kier alpha value is -2.76. The van der Waals surface area contributed by atoms with Crippen molar-refractivity contribution in [1.82, 2.24) is 14.9 Å². The first-order valence-corrected chi connectivity index (χ1v) is 14.3. The topological polar surface area (TPSA) is 117 Å². The highest BCUT2D eigenvalue weighted by atomic mass is 32.2. The number of aromatic nitrogens is 2. The lowest BCUT2D eigenvalue weighted by Gasteiger charge is -2.26. The van der Waals surface area contributed by atoms with Crippen LogP contribution in [0.4, 0.5) is 4.79 Å². The lowest BCUT2D eigenvalue weighted by molar-refractivity contribution is -0.183. The summed E-state index contributed by atoms with van der Waals surface area (Å²) < 4.78 is 48.1. The molecule has 0 bridgehead atoms. The van der Waals surface area contributed by atoms with Gasteiger partial charge >= 0.3 is 6.09 Å². The van der Waals surface area contributed by atoms with Gasteiger partial charge in [0.1, 0.15) is 11.4 Å². The molecule has 1 aromatic carbocycles. The van der Waals surface area contributed by atoms with Crippen LogP contribution in [0.15, 0.2) is 17.3 Å². The van der Waals surface area contributed by atoms with Crippen LogP contribution in [-0.4, -0.2) is 67.5 Å². The summed E-state index contributed by atoms with van der Waals surface area (Å²) in [5, 5.41) is -0.303. The van der Waals surface area contributed by atoms with Crippen molar-refractivity contribution in [3.05, 3.63) is 40.1 Å². The standard InChI is InChI=1S/C26H35N3O7S/c1-16-14-18(23-33-12-7-13-34-23)15-17(2)21(16)35-22-19-8-10-29(25(30)36-26(3,4)5)11-9-20(19)27-24(28-22)37(6,31)32/h14-15,23H,7-13H2,1-6H3. The number of benzene rings is 1. The largest absolute Gasteiger partial charge is 0.444 e. The van der Waals surface area contributed by atoms with Crippen molar-refractivity contribution in [2.75, 3.05) is 32.6 Å². The van der Waals surface area contributed by atoms with Gasteiger partial charge in [-0.15, -0.1) is 0 Å². The molecule has 202 valence electrons. The second kappa shape index (κ2) is 10.5. The minimum Gasteiger partial charge on any atom is -0.444 e. The number of carbonyl (C=O) groups excluding carboxylic acids is 1. The molecule has 1 amide bonds. The van der Waals surface area contributed by atoms with Gasteiger partial charge in [-0.2, -0.15) is 4.98 Å². The predicted octanol–water partition coefficient (Wildman–Crippen LogP) is 4.06. The number of ether oxygens (including phenoxy) is 4. The summed E-state index contributed by atoms with van der Waals surface area (Å²) in [5.74, 6) is 0.758. The molecule has 2 aliphatic heterocycles. The van der Waals surface area contributed by atoms with E-state index in [0.29, 0.717) is 56.2 Å². The smallest absolute Gasteiger partial charge is 0.410 e. The third kappa shape index (κ3) is 6.58. The zero-order valence-corrected chi connectivity index (χ0v) is 23.1. The van der Waals surface area contributed by atoms with E-state index in [2.05, 4.69) is 9.97 Å². The second-order valence-electron chi connectivity index (χ2n) is 10.5. The SMILES string of the molecule is Cc1cc(C2OCCCO2)cc(C)c1Oc1nc(S(C)(=O)=O)nc2c1CCN(C(=O)OC(C)(C)C)CC2. The van der Waals surface area contributed by atoms with Crippen LogP contribution >= 0.6 is 0 Å². The van der Waals surface area contributed by atoms with Crippen LogP contribution in [-0.2, 0) is 36.9 Å². The van der Waals surface area contributed by atoms with E-state index in [0.717, 1.165) is 29.4 Å². The van der Waals surface area contributed by atoms with Gasteiger partial charge in [0, 0.05) is 36.9 Å². The fourth-order valence-electron chi connectivity index (χ4n) is 4.36. The van der Waals surface area contributed by atoms with Gasteiger partial charge in [0.15, 0.2) is 6.29 Å². The van der Waals surface area contributed by atoms with Gasteiger partial charge in [-0.3, -0.25) is 0 Å². The highest BCUT2D eigenvalue weighted by Gasteiger charge is 2.29. The molecule has 4 rings (SSSR count). The number of amides is 1. The van der Waals surface area contributed by atoms with Crippen LogP contribution in [0, 0.1) is 13.8 Å². The van der Waals surface area contributed by atoms with Gasteiger partial charge in [0.2, 0.25) is 20.9 Å². The van der Waals surface area contributed by atoms with Crippen molar-refractivity contribution in [3.63, 3.8) is 0 Å². The van der Waals surface area contributed by atoms with Crippen molar-refractivity contribution in [2.24, 2.45) is 0 Å².